The lowest BCUT2D eigenvalue weighted by molar-refractivity contribution is -0.139. The van der Waals surface area contributed by atoms with Gasteiger partial charge in [-0.15, -0.1) is 0 Å². The van der Waals surface area contributed by atoms with Crippen molar-refractivity contribution in [3.05, 3.63) is 97.5 Å². The summed E-state index contributed by atoms with van der Waals surface area (Å²) in [5.41, 5.74) is 2.96. The molecule has 1 atom stereocenters. The van der Waals surface area contributed by atoms with Crippen LogP contribution in [0.25, 0.3) is 0 Å². The van der Waals surface area contributed by atoms with Crippen molar-refractivity contribution in [1.82, 2.24) is 5.32 Å². The molecule has 3 aromatic rings. The molecule has 34 heavy (non-hydrogen) atoms. The summed E-state index contributed by atoms with van der Waals surface area (Å²) in [7, 11) is 0. The van der Waals surface area contributed by atoms with Gasteiger partial charge in [0.25, 0.3) is 11.8 Å². The summed E-state index contributed by atoms with van der Waals surface area (Å²) in [6.45, 7) is 3.51. The number of nitrogens with one attached hydrogen (secondary N) is 2. The molecule has 2 amide bonds. The molecule has 0 aliphatic carbocycles. The molecule has 0 spiro atoms. The van der Waals surface area contributed by atoms with Gasteiger partial charge < -0.3 is 15.7 Å². The molecule has 0 saturated heterocycles. The molecular formula is C25H21Cl3N2O4. The Balaban J connectivity index is 1.76. The average Bonchev–Trinajstić information content (AvgIpc) is 2.74. The SMILES string of the molecule is Cc1cc(NC(=O)c2c(Cl)cccc2Cl)ccc1CC(NC(=O)c1c(C)cccc1Cl)C(=O)O. The van der Waals surface area contributed by atoms with Gasteiger partial charge in [0.2, 0.25) is 0 Å². The number of benzene rings is 3. The van der Waals surface area contributed by atoms with Crippen LogP contribution in [0.5, 0.6) is 0 Å². The normalized spacial score (nSPS) is 11.6. The first-order valence-corrected chi connectivity index (χ1v) is 11.4. The van der Waals surface area contributed by atoms with Crippen molar-refractivity contribution in [2.45, 2.75) is 26.3 Å². The summed E-state index contributed by atoms with van der Waals surface area (Å²) in [5.74, 6) is -2.20. The fraction of sp³-hybridized carbons (Fsp3) is 0.160. The monoisotopic (exact) mass is 518 g/mol. The van der Waals surface area contributed by atoms with Crippen molar-refractivity contribution in [3.8, 4) is 0 Å². The summed E-state index contributed by atoms with van der Waals surface area (Å²) >= 11 is 18.3. The summed E-state index contributed by atoms with van der Waals surface area (Å²) in [4.78, 5) is 37.2. The lowest BCUT2D eigenvalue weighted by atomic mass is 9.99. The standard InChI is InChI=1S/C25H21Cl3N2O4/c1-13-5-3-6-17(26)21(13)23(31)30-20(25(33)34)12-15-9-10-16(11-14(15)2)29-24(32)22-18(27)7-4-8-19(22)28/h3-11,20H,12H2,1-2H3,(H,29,32)(H,30,31)(H,33,34). The Hall–Kier alpha value is -3.06. The Bertz CT molecular complexity index is 1240. The van der Waals surface area contributed by atoms with Gasteiger partial charge in [0.15, 0.2) is 0 Å². The van der Waals surface area contributed by atoms with Crippen molar-refractivity contribution >= 4 is 58.3 Å². The second-order valence-electron chi connectivity index (χ2n) is 7.69. The van der Waals surface area contributed by atoms with E-state index < -0.39 is 23.8 Å². The van der Waals surface area contributed by atoms with E-state index in [-0.39, 0.29) is 32.6 Å². The molecule has 176 valence electrons. The number of carboxylic acids is 1. The smallest absolute Gasteiger partial charge is 0.326 e. The van der Waals surface area contributed by atoms with E-state index in [0.717, 1.165) is 5.56 Å². The van der Waals surface area contributed by atoms with Crippen molar-refractivity contribution < 1.29 is 19.5 Å². The number of rotatable bonds is 7. The molecule has 0 aliphatic rings. The molecule has 3 rings (SSSR count). The molecule has 0 heterocycles. The number of carbonyl (C=O) groups excluding carboxylic acids is 2. The number of anilines is 1. The molecule has 0 fully saturated rings. The maximum absolute atomic E-state index is 12.7. The Morgan fingerprint density at radius 2 is 1.41 bits per heavy atom. The lowest BCUT2D eigenvalue weighted by Gasteiger charge is -2.18. The zero-order valence-corrected chi connectivity index (χ0v) is 20.6. The van der Waals surface area contributed by atoms with Crippen LogP contribution in [0.4, 0.5) is 5.69 Å². The van der Waals surface area contributed by atoms with Crippen molar-refractivity contribution in [2.75, 3.05) is 5.32 Å². The van der Waals surface area contributed by atoms with E-state index in [0.29, 0.717) is 16.8 Å². The Kier molecular flexibility index (Phi) is 8.20. The highest BCUT2D eigenvalue weighted by Crippen LogP contribution is 2.26. The summed E-state index contributed by atoms with van der Waals surface area (Å²) in [6, 6.07) is 13.7. The van der Waals surface area contributed by atoms with E-state index >= 15 is 0 Å². The maximum Gasteiger partial charge on any atom is 0.326 e. The number of hydrogen-bond acceptors (Lipinski definition) is 3. The largest absolute Gasteiger partial charge is 0.480 e. The summed E-state index contributed by atoms with van der Waals surface area (Å²) in [6.07, 6.45) is 0.0426. The van der Waals surface area contributed by atoms with Crippen LogP contribution in [0.1, 0.15) is 37.4 Å². The molecule has 0 radical (unpaired) electrons. The minimum Gasteiger partial charge on any atom is -0.480 e. The van der Waals surface area contributed by atoms with Crippen LogP contribution < -0.4 is 10.6 Å². The van der Waals surface area contributed by atoms with Gasteiger partial charge in [-0.2, -0.15) is 0 Å². The Morgan fingerprint density at radius 1 is 0.824 bits per heavy atom. The summed E-state index contributed by atoms with van der Waals surface area (Å²) in [5, 5.41) is 15.7. The third-order valence-corrected chi connectivity index (χ3v) is 6.21. The zero-order chi connectivity index (χ0) is 25.0. The van der Waals surface area contributed by atoms with Crippen LogP contribution in [0.2, 0.25) is 15.1 Å². The van der Waals surface area contributed by atoms with Gasteiger partial charge in [-0.25, -0.2) is 4.79 Å². The number of carbonyl (C=O) groups is 3. The highest BCUT2D eigenvalue weighted by Gasteiger charge is 2.24. The summed E-state index contributed by atoms with van der Waals surface area (Å²) < 4.78 is 0. The predicted octanol–water partition coefficient (Wildman–Crippen LogP) is 5.94. The fourth-order valence-corrected chi connectivity index (χ4v) is 4.36. The maximum atomic E-state index is 12.7. The van der Waals surface area contributed by atoms with Crippen molar-refractivity contribution in [2.24, 2.45) is 0 Å². The Labute approximate surface area is 211 Å². The highest BCUT2D eigenvalue weighted by atomic mass is 35.5. The third kappa shape index (κ3) is 5.89. The predicted molar refractivity (Wildman–Crippen MR) is 134 cm³/mol. The van der Waals surface area contributed by atoms with Crippen molar-refractivity contribution in [3.63, 3.8) is 0 Å². The first-order valence-electron chi connectivity index (χ1n) is 10.2. The second kappa shape index (κ2) is 10.9. The van der Waals surface area contributed by atoms with Crippen LogP contribution in [0.15, 0.2) is 54.6 Å². The molecule has 3 N–H and O–H groups in total. The van der Waals surface area contributed by atoms with E-state index in [1.54, 1.807) is 68.4 Å². The molecular weight excluding hydrogens is 499 g/mol. The van der Waals surface area contributed by atoms with Crippen LogP contribution in [-0.2, 0) is 11.2 Å². The van der Waals surface area contributed by atoms with Gasteiger partial charge in [-0.05, 0) is 60.9 Å². The minimum absolute atomic E-state index is 0.0426. The van der Waals surface area contributed by atoms with E-state index in [1.807, 2.05) is 0 Å². The highest BCUT2D eigenvalue weighted by molar-refractivity contribution is 6.40. The number of amides is 2. The average molecular weight is 520 g/mol. The molecule has 6 nitrogen and oxygen atoms in total. The quantitative estimate of drug-likeness (QED) is 0.360. The van der Waals surface area contributed by atoms with Crippen LogP contribution >= 0.6 is 34.8 Å². The van der Waals surface area contributed by atoms with Crippen LogP contribution in [-0.4, -0.2) is 28.9 Å². The molecule has 0 saturated carbocycles. The topological polar surface area (TPSA) is 95.5 Å². The van der Waals surface area contributed by atoms with Gasteiger partial charge in [0, 0.05) is 12.1 Å². The van der Waals surface area contributed by atoms with Gasteiger partial charge in [-0.1, -0.05) is 59.1 Å². The van der Waals surface area contributed by atoms with Gasteiger partial charge in [-0.3, -0.25) is 9.59 Å². The van der Waals surface area contributed by atoms with Gasteiger partial charge in [0.05, 0.1) is 26.2 Å². The number of hydrogen-bond donors (Lipinski definition) is 3. The number of aliphatic carboxylic acids is 1. The number of halogens is 3. The van der Waals surface area contributed by atoms with E-state index in [9.17, 15) is 19.5 Å². The molecule has 3 aromatic carbocycles. The molecule has 0 aromatic heterocycles. The minimum atomic E-state index is -1.18. The van der Waals surface area contributed by atoms with E-state index in [1.165, 1.54) is 0 Å². The van der Waals surface area contributed by atoms with Crippen molar-refractivity contribution in [1.29, 1.82) is 0 Å². The second-order valence-corrected chi connectivity index (χ2v) is 8.91. The lowest BCUT2D eigenvalue weighted by Crippen LogP contribution is -2.42. The van der Waals surface area contributed by atoms with Gasteiger partial charge in [0.1, 0.15) is 6.04 Å². The zero-order valence-electron chi connectivity index (χ0n) is 18.3. The fourth-order valence-electron chi connectivity index (χ4n) is 3.48. The number of carboxylic acid groups (broad SMARTS) is 1. The Morgan fingerprint density at radius 3 is 1.97 bits per heavy atom. The van der Waals surface area contributed by atoms with Gasteiger partial charge >= 0.3 is 5.97 Å². The number of aryl methyl sites for hydroxylation is 2. The van der Waals surface area contributed by atoms with Crippen LogP contribution in [0, 0.1) is 13.8 Å². The molecule has 0 aliphatic heterocycles. The first-order chi connectivity index (χ1) is 16.1. The van der Waals surface area contributed by atoms with E-state index in [2.05, 4.69) is 10.6 Å². The third-order valence-electron chi connectivity index (χ3n) is 5.27. The first kappa shape index (κ1) is 25.6. The van der Waals surface area contributed by atoms with E-state index in [4.69, 9.17) is 34.8 Å². The molecule has 0 bridgehead atoms. The van der Waals surface area contributed by atoms with Crippen LogP contribution in [0.3, 0.4) is 0 Å². The molecule has 9 heteroatoms. The molecule has 1 unspecified atom stereocenters.